The Bertz CT molecular complexity index is 744. The first-order valence-electron chi connectivity index (χ1n) is 6.42. The quantitative estimate of drug-likeness (QED) is 0.829. The third-order valence-electron chi connectivity index (χ3n) is 3.89. The van der Waals surface area contributed by atoms with Crippen LogP contribution >= 0.6 is 11.3 Å². The Morgan fingerprint density at radius 2 is 1.86 bits per heavy atom. The van der Waals surface area contributed by atoms with Crippen molar-refractivity contribution in [3.05, 3.63) is 45.9 Å². The summed E-state index contributed by atoms with van der Waals surface area (Å²) in [5, 5.41) is 11.5. The fraction of sp³-hybridized carbons (Fsp3) is 0.267. The van der Waals surface area contributed by atoms with Crippen LogP contribution in [0.1, 0.15) is 24.0 Å². The Hall–Kier alpha value is -1.89. The molecule has 22 heavy (non-hydrogen) atoms. The van der Waals surface area contributed by atoms with E-state index >= 15 is 0 Å². The fourth-order valence-corrected chi connectivity index (χ4v) is 3.38. The van der Waals surface area contributed by atoms with Crippen molar-refractivity contribution in [2.75, 3.05) is 0 Å². The first-order chi connectivity index (χ1) is 10.2. The average molecular weight is 330 g/mol. The second-order valence-corrected chi connectivity index (χ2v) is 6.06. The van der Waals surface area contributed by atoms with Crippen molar-refractivity contribution in [3.63, 3.8) is 0 Å². The highest BCUT2D eigenvalue weighted by Gasteiger charge is 2.52. The zero-order valence-corrected chi connectivity index (χ0v) is 11.9. The zero-order valence-electron chi connectivity index (χ0n) is 11.1. The van der Waals surface area contributed by atoms with E-state index in [9.17, 15) is 27.5 Å². The van der Waals surface area contributed by atoms with Crippen LogP contribution < -0.4 is 0 Å². The molecule has 7 heteroatoms. The molecule has 1 N–H and O–H groups in total. The molecule has 2 nitrogen and oxygen atoms in total. The second kappa shape index (κ2) is 4.81. The van der Waals surface area contributed by atoms with E-state index in [2.05, 4.69) is 0 Å². The van der Waals surface area contributed by atoms with Crippen LogP contribution in [0.2, 0.25) is 0 Å². The average Bonchev–Trinajstić information content (AvgIpc) is 3.07. The first-order valence-corrected chi connectivity index (χ1v) is 7.36. The standard InChI is InChI=1S/C15H10F4O2S/c16-10-4-8(11-6-22-7-12(11)15(17,18)19)3-9(5-10)14(1-2-14)13(20)21/h3-7H,1-2H2,(H,20,21). The van der Waals surface area contributed by atoms with E-state index in [1.54, 1.807) is 0 Å². The number of hydrogen-bond acceptors (Lipinski definition) is 2. The van der Waals surface area contributed by atoms with E-state index < -0.39 is 28.9 Å². The summed E-state index contributed by atoms with van der Waals surface area (Å²) in [6.07, 6.45) is -3.81. The summed E-state index contributed by atoms with van der Waals surface area (Å²) < 4.78 is 52.7. The van der Waals surface area contributed by atoms with Crippen LogP contribution in [0.25, 0.3) is 11.1 Å². The van der Waals surface area contributed by atoms with Crippen LogP contribution in [-0.2, 0) is 16.4 Å². The number of rotatable bonds is 3. The lowest BCUT2D eigenvalue weighted by Crippen LogP contribution is -2.19. The van der Waals surface area contributed by atoms with E-state index in [1.807, 2.05) is 0 Å². The molecule has 1 aliphatic carbocycles. The Balaban J connectivity index is 2.12. The molecule has 1 fully saturated rings. The van der Waals surface area contributed by atoms with Gasteiger partial charge in [-0.3, -0.25) is 4.79 Å². The molecule has 1 saturated carbocycles. The summed E-state index contributed by atoms with van der Waals surface area (Å²) in [5.41, 5.74) is -1.86. The maximum absolute atomic E-state index is 13.8. The molecule has 1 aliphatic rings. The Morgan fingerprint density at radius 3 is 2.41 bits per heavy atom. The van der Waals surface area contributed by atoms with Crippen LogP contribution in [0.5, 0.6) is 0 Å². The van der Waals surface area contributed by atoms with Crippen molar-refractivity contribution < 1.29 is 27.5 Å². The Labute approximate surface area is 127 Å². The Kier molecular flexibility index (Phi) is 3.28. The van der Waals surface area contributed by atoms with Gasteiger partial charge >= 0.3 is 12.1 Å². The number of carbonyl (C=O) groups is 1. The fourth-order valence-electron chi connectivity index (χ4n) is 2.51. The molecule has 0 aliphatic heterocycles. The maximum Gasteiger partial charge on any atom is 0.417 e. The van der Waals surface area contributed by atoms with E-state index in [1.165, 1.54) is 11.4 Å². The van der Waals surface area contributed by atoms with Crippen molar-refractivity contribution in [3.8, 4) is 11.1 Å². The molecule has 2 aromatic rings. The van der Waals surface area contributed by atoms with E-state index in [4.69, 9.17) is 0 Å². The molecule has 0 saturated heterocycles. The predicted molar refractivity (Wildman–Crippen MR) is 73.3 cm³/mol. The number of aliphatic carboxylic acids is 1. The smallest absolute Gasteiger partial charge is 0.417 e. The molecule has 3 rings (SSSR count). The molecule has 0 spiro atoms. The van der Waals surface area contributed by atoms with Gasteiger partial charge in [-0.25, -0.2) is 4.39 Å². The van der Waals surface area contributed by atoms with Gasteiger partial charge in [-0.2, -0.15) is 24.5 Å². The summed E-state index contributed by atoms with van der Waals surface area (Å²) in [5.74, 6) is -1.82. The minimum absolute atomic E-state index is 0.0519. The SMILES string of the molecule is O=C(O)C1(c2cc(F)cc(-c3cscc3C(F)(F)F)c2)CC1. The van der Waals surface area contributed by atoms with Crippen LogP contribution in [0.4, 0.5) is 17.6 Å². The van der Waals surface area contributed by atoms with Gasteiger partial charge in [0.2, 0.25) is 0 Å². The molecule has 116 valence electrons. The predicted octanol–water partition coefficient (Wildman–Crippen LogP) is 4.69. The second-order valence-electron chi connectivity index (χ2n) is 5.31. The molecule has 0 bridgehead atoms. The van der Waals surface area contributed by atoms with Crippen molar-refractivity contribution >= 4 is 17.3 Å². The van der Waals surface area contributed by atoms with Gasteiger partial charge in [0.1, 0.15) is 5.82 Å². The summed E-state index contributed by atoms with van der Waals surface area (Å²) in [7, 11) is 0. The molecule has 1 heterocycles. The highest BCUT2D eigenvalue weighted by Crippen LogP contribution is 2.50. The topological polar surface area (TPSA) is 37.3 Å². The van der Waals surface area contributed by atoms with Gasteiger partial charge in [-0.1, -0.05) is 0 Å². The van der Waals surface area contributed by atoms with Crippen molar-refractivity contribution in [1.29, 1.82) is 0 Å². The van der Waals surface area contributed by atoms with Crippen LogP contribution in [0.3, 0.4) is 0 Å². The van der Waals surface area contributed by atoms with Gasteiger partial charge in [0.05, 0.1) is 11.0 Å². The monoisotopic (exact) mass is 330 g/mol. The molecule has 0 radical (unpaired) electrons. The first kappa shape index (κ1) is 15.0. The van der Waals surface area contributed by atoms with Gasteiger partial charge in [0, 0.05) is 10.9 Å². The normalized spacial score (nSPS) is 16.5. The summed E-state index contributed by atoms with van der Waals surface area (Å²) in [6.45, 7) is 0. The highest BCUT2D eigenvalue weighted by atomic mass is 32.1. The lowest BCUT2D eigenvalue weighted by Gasteiger charge is -2.14. The van der Waals surface area contributed by atoms with Crippen molar-refractivity contribution in [2.45, 2.75) is 24.4 Å². The third-order valence-corrected chi connectivity index (χ3v) is 4.63. The third kappa shape index (κ3) is 2.39. The number of thiophene rings is 1. The van der Waals surface area contributed by atoms with Gasteiger partial charge < -0.3 is 5.11 Å². The zero-order chi connectivity index (χ0) is 16.1. The van der Waals surface area contributed by atoms with E-state index in [-0.39, 0.29) is 16.7 Å². The van der Waals surface area contributed by atoms with Gasteiger partial charge in [0.25, 0.3) is 0 Å². The lowest BCUT2D eigenvalue weighted by atomic mass is 9.92. The lowest BCUT2D eigenvalue weighted by molar-refractivity contribution is -0.140. The number of halogens is 4. The largest absolute Gasteiger partial charge is 0.481 e. The van der Waals surface area contributed by atoms with E-state index in [0.717, 1.165) is 28.8 Å². The molecule has 1 aromatic carbocycles. The Morgan fingerprint density at radius 1 is 1.18 bits per heavy atom. The van der Waals surface area contributed by atoms with Gasteiger partial charge in [-0.15, -0.1) is 0 Å². The molecule has 1 aromatic heterocycles. The maximum atomic E-state index is 13.8. The molecule has 0 atom stereocenters. The minimum atomic E-state index is -4.54. The van der Waals surface area contributed by atoms with E-state index in [0.29, 0.717) is 12.8 Å². The number of benzene rings is 1. The highest BCUT2D eigenvalue weighted by molar-refractivity contribution is 7.08. The number of hydrogen-bond donors (Lipinski definition) is 1. The van der Waals surface area contributed by atoms with Crippen LogP contribution in [0, 0.1) is 5.82 Å². The minimum Gasteiger partial charge on any atom is -0.481 e. The number of carboxylic acid groups (broad SMARTS) is 1. The van der Waals surface area contributed by atoms with Gasteiger partial charge in [-0.05, 0) is 47.5 Å². The molecular weight excluding hydrogens is 320 g/mol. The molecular formula is C15H10F4O2S. The molecule has 0 amide bonds. The number of carboxylic acids is 1. The van der Waals surface area contributed by atoms with Crippen LogP contribution in [0.15, 0.2) is 29.0 Å². The van der Waals surface area contributed by atoms with Gasteiger partial charge in [0.15, 0.2) is 0 Å². The van der Waals surface area contributed by atoms with Crippen LogP contribution in [-0.4, -0.2) is 11.1 Å². The summed E-state index contributed by atoms with van der Waals surface area (Å²) >= 11 is 0.870. The summed E-state index contributed by atoms with van der Waals surface area (Å²) in [4.78, 5) is 11.3. The summed E-state index contributed by atoms with van der Waals surface area (Å²) in [6, 6.07) is 3.43. The molecule has 0 unspecified atom stereocenters. The number of alkyl halides is 3. The van der Waals surface area contributed by atoms with Crippen molar-refractivity contribution in [2.24, 2.45) is 0 Å². The van der Waals surface area contributed by atoms with Crippen molar-refractivity contribution in [1.82, 2.24) is 0 Å².